The molecule has 0 fully saturated rings. The summed E-state index contributed by atoms with van der Waals surface area (Å²) in [6, 6.07) is 14.4. The van der Waals surface area contributed by atoms with Crippen LogP contribution in [0.15, 0.2) is 48.5 Å². The molecule has 0 amide bonds. The van der Waals surface area contributed by atoms with Crippen LogP contribution >= 0.6 is 0 Å². The van der Waals surface area contributed by atoms with E-state index in [0.29, 0.717) is 12.1 Å². The van der Waals surface area contributed by atoms with Gasteiger partial charge in [-0.25, -0.2) is 0 Å². The molecule has 114 valence electrons. The highest BCUT2D eigenvalue weighted by atomic mass is 16.6. The summed E-state index contributed by atoms with van der Waals surface area (Å²) in [5.41, 5.74) is 3.03. The van der Waals surface area contributed by atoms with Crippen LogP contribution in [-0.2, 0) is 6.42 Å². The largest absolute Gasteiger partial charge is 0.387 e. The van der Waals surface area contributed by atoms with E-state index in [9.17, 15) is 15.2 Å². The van der Waals surface area contributed by atoms with Gasteiger partial charge in [-0.05, 0) is 30.0 Å². The van der Waals surface area contributed by atoms with Gasteiger partial charge in [0.25, 0.3) is 5.69 Å². The second-order valence-corrected chi connectivity index (χ2v) is 5.55. The lowest BCUT2D eigenvalue weighted by Crippen LogP contribution is -2.33. The summed E-state index contributed by atoms with van der Waals surface area (Å²) in [5.74, 6) is 0. The SMILES string of the molecule is O=[N+]([O-])c1cccc(C(O)CN2CCCc3ccccc32)c1. The number of rotatable bonds is 4. The third-order valence-electron chi connectivity index (χ3n) is 4.07. The number of aryl methyl sites for hydroxylation is 1. The standard InChI is InChI=1S/C17H18N2O3/c20-17(14-6-3-8-15(11-14)19(21)22)12-18-10-4-7-13-5-1-2-9-16(13)18/h1-3,5-6,8-9,11,17,20H,4,7,10,12H2. The zero-order valence-electron chi connectivity index (χ0n) is 12.2. The summed E-state index contributed by atoms with van der Waals surface area (Å²) in [5, 5.41) is 21.3. The van der Waals surface area contributed by atoms with E-state index in [1.165, 1.54) is 17.7 Å². The molecule has 1 heterocycles. The van der Waals surface area contributed by atoms with Gasteiger partial charge in [0.15, 0.2) is 0 Å². The van der Waals surface area contributed by atoms with Crippen molar-refractivity contribution in [2.75, 3.05) is 18.0 Å². The van der Waals surface area contributed by atoms with Gasteiger partial charge < -0.3 is 10.0 Å². The first-order valence-corrected chi connectivity index (χ1v) is 7.40. The number of nitrogens with zero attached hydrogens (tertiary/aromatic N) is 2. The van der Waals surface area contributed by atoms with Crippen molar-refractivity contribution in [3.63, 3.8) is 0 Å². The second-order valence-electron chi connectivity index (χ2n) is 5.55. The normalized spacial score (nSPS) is 15.2. The minimum atomic E-state index is -0.744. The van der Waals surface area contributed by atoms with Crippen LogP contribution in [0.3, 0.4) is 0 Å². The molecule has 0 saturated carbocycles. The number of nitro groups is 1. The van der Waals surface area contributed by atoms with Crippen LogP contribution in [0, 0.1) is 10.1 Å². The summed E-state index contributed by atoms with van der Waals surface area (Å²) in [6.07, 6.45) is 1.36. The monoisotopic (exact) mass is 298 g/mol. The summed E-state index contributed by atoms with van der Waals surface area (Å²) in [6.45, 7) is 1.33. The number of aliphatic hydroxyl groups excluding tert-OH is 1. The highest BCUT2D eigenvalue weighted by Crippen LogP contribution is 2.29. The van der Waals surface area contributed by atoms with Gasteiger partial charge in [0.05, 0.1) is 11.0 Å². The molecule has 2 aromatic rings. The number of aliphatic hydroxyl groups is 1. The Bertz CT molecular complexity index is 687. The van der Waals surface area contributed by atoms with Crippen molar-refractivity contribution in [2.24, 2.45) is 0 Å². The van der Waals surface area contributed by atoms with Crippen LogP contribution in [-0.4, -0.2) is 23.1 Å². The zero-order valence-corrected chi connectivity index (χ0v) is 12.2. The van der Waals surface area contributed by atoms with Crippen LogP contribution in [0.1, 0.15) is 23.7 Å². The predicted octanol–water partition coefficient (Wildman–Crippen LogP) is 3.08. The molecule has 1 unspecified atom stereocenters. The zero-order chi connectivity index (χ0) is 15.5. The number of anilines is 1. The van der Waals surface area contributed by atoms with Crippen molar-refractivity contribution in [3.05, 3.63) is 69.8 Å². The summed E-state index contributed by atoms with van der Waals surface area (Å²) < 4.78 is 0. The lowest BCUT2D eigenvalue weighted by molar-refractivity contribution is -0.385. The van der Waals surface area contributed by atoms with E-state index in [1.807, 2.05) is 12.1 Å². The van der Waals surface area contributed by atoms with Crippen LogP contribution in [0.25, 0.3) is 0 Å². The molecule has 22 heavy (non-hydrogen) atoms. The second kappa shape index (κ2) is 6.15. The van der Waals surface area contributed by atoms with Gasteiger partial charge in [-0.1, -0.05) is 30.3 Å². The lowest BCUT2D eigenvalue weighted by Gasteiger charge is -2.32. The Morgan fingerprint density at radius 1 is 1.23 bits per heavy atom. The number of fused-ring (bicyclic) bond motifs is 1. The van der Waals surface area contributed by atoms with Gasteiger partial charge >= 0.3 is 0 Å². The number of benzene rings is 2. The van der Waals surface area contributed by atoms with Crippen molar-refractivity contribution in [3.8, 4) is 0 Å². The molecule has 1 N–H and O–H groups in total. The molecule has 0 aliphatic carbocycles. The highest BCUT2D eigenvalue weighted by molar-refractivity contribution is 5.55. The molecule has 2 aromatic carbocycles. The Morgan fingerprint density at radius 2 is 2.05 bits per heavy atom. The Morgan fingerprint density at radius 3 is 2.86 bits per heavy atom. The number of hydrogen-bond acceptors (Lipinski definition) is 4. The minimum absolute atomic E-state index is 0.00981. The van der Waals surface area contributed by atoms with Gasteiger partial charge in [0.2, 0.25) is 0 Å². The Balaban J connectivity index is 1.79. The lowest BCUT2D eigenvalue weighted by atomic mass is 10.0. The molecular weight excluding hydrogens is 280 g/mol. The van der Waals surface area contributed by atoms with Crippen molar-refractivity contribution < 1.29 is 10.0 Å². The molecule has 0 spiro atoms. The molecule has 1 aliphatic rings. The van der Waals surface area contributed by atoms with E-state index in [1.54, 1.807) is 12.1 Å². The minimum Gasteiger partial charge on any atom is -0.387 e. The molecule has 0 aromatic heterocycles. The molecule has 5 nitrogen and oxygen atoms in total. The maximum absolute atomic E-state index is 10.8. The molecule has 0 bridgehead atoms. The van der Waals surface area contributed by atoms with Crippen molar-refractivity contribution in [1.29, 1.82) is 0 Å². The summed E-state index contributed by atoms with van der Waals surface area (Å²) in [7, 11) is 0. The fraction of sp³-hybridized carbons (Fsp3) is 0.294. The van der Waals surface area contributed by atoms with Gasteiger partial charge in [0, 0.05) is 30.9 Å². The predicted molar refractivity (Wildman–Crippen MR) is 85.0 cm³/mol. The van der Waals surface area contributed by atoms with E-state index in [2.05, 4.69) is 17.0 Å². The van der Waals surface area contributed by atoms with E-state index in [4.69, 9.17) is 0 Å². The smallest absolute Gasteiger partial charge is 0.269 e. The number of β-amino-alcohol motifs (C(OH)–C–C–N with tert-alkyl or cyclic N) is 1. The van der Waals surface area contributed by atoms with Crippen molar-refractivity contribution >= 4 is 11.4 Å². The fourth-order valence-electron chi connectivity index (χ4n) is 2.96. The summed E-state index contributed by atoms with van der Waals surface area (Å²) in [4.78, 5) is 12.6. The Hall–Kier alpha value is -2.40. The van der Waals surface area contributed by atoms with Crippen molar-refractivity contribution in [2.45, 2.75) is 18.9 Å². The molecule has 0 radical (unpaired) electrons. The third kappa shape index (κ3) is 2.94. The van der Waals surface area contributed by atoms with E-state index in [0.717, 1.165) is 25.1 Å². The van der Waals surface area contributed by atoms with Gasteiger partial charge in [0.1, 0.15) is 0 Å². The number of non-ortho nitro benzene ring substituents is 1. The quantitative estimate of drug-likeness (QED) is 0.696. The fourth-order valence-corrected chi connectivity index (χ4v) is 2.96. The van der Waals surface area contributed by atoms with Crippen LogP contribution in [0.4, 0.5) is 11.4 Å². The highest BCUT2D eigenvalue weighted by Gasteiger charge is 2.20. The van der Waals surface area contributed by atoms with E-state index >= 15 is 0 Å². The van der Waals surface area contributed by atoms with E-state index in [-0.39, 0.29) is 5.69 Å². The third-order valence-corrected chi connectivity index (χ3v) is 4.07. The van der Waals surface area contributed by atoms with Gasteiger partial charge in [-0.3, -0.25) is 10.1 Å². The summed E-state index contributed by atoms with van der Waals surface area (Å²) >= 11 is 0. The molecule has 1 atom stereocenters. The Labute approximate surface area is 129 Å². The first-order chi connectivity index (χ1) is 10.6. The average Bonchev–Trinajstić information content (AvgIpc) is 2.55. The maximum Gasteiger partial charge on any atom is 0.269 e. The number of para-hydroxylation sites is 1. The van der Waals surface area contributed by atoms with Gasteiger partial charge in [-0.15, -0.1) is 0 Å². The Kier molecular flexibility index (Phi) is 4.06. The van der Waals surface area contributed by atoms with E-state index < -0.39 is 11.0 Å². The van der Waals surface area contributed by atoms with Crippen LogP contribution in [0.2, 0.25) is 0 Å². The first-order valence-electron chi connectivity index (χ1n) is 7.40. The molecule has 0 saturated heterocycles. The number of nitro benzene ring substituents is 1. The van der Waals surface area contributed by atoms with Crippen LogP contribution < -0.4 is 4.90 Å². The van der Waals surface area contributed by atoms with Gasteiger partial charge in [-0.2, -0.15) is 0 Å². The average molecular weight is 298 g/mol. The molecule has 5 heteroatoms. The molecule has 1 aliphatic heterocycles. The molecule has 3 rings (SSSR count). The number of hydrogen-bond donors (Lipinski definition) is 1. The van der Waals surface area contributed by atoms with Crippen LogP contribution in [0.5, 0.6) is 0 Å². The maximum atomic E-state index is 10.8. The van der Waals surface area contributed by atoms with Crippen molar-refractivity contribution in [1.82, 2.24) is 0 Å². The first kappa shape index (κ1) is 14.5. The topological polar surface area (TPSA) is 66.6 Å². The molecular formula is C17H18N2O3.